The van der Waals surface area contributed by atoms with Gasteiger partial charge >= 0.3 is 0 Å². The first-order valence-corrected chi connectivity index (χ1v) is 11.6. The number of aromatic nitrogens is 4. The lowest BCUT2D eigenvalue weighted by Gasteiger charge is -2.11. The molecule has 0 atom stereocenters. The largest absolute Gasteiger partial charge is 0.256 e. The van der Waals surface area contributed by atoms with Crippen LogP contribution in [0.25, 0.3) is 56.2 Å². The van der Waals surface area contributed by atoms with Gasteiger partial charge in [-0.25, -0.2) is 15.0 Å². The summed E-state index contributed by atoms with van der Waals surface area (Å²) in [6.07, 6.45) is 1.93. The lowest BCUT2D eigenvalue weighted by atomic mass is 10.00. The molecule has 6 rings (SSSR count). The summed E-state index contributed by atoms with van der Waals surface area (Å²) in [6.45, 7) is 2.10. The fraction of sp³-hybridized carbons (Fsp3) is 0.0323. The number of pyridine rings is 1. The van der Waals surface area contributed by atoms with Crippen LogP contribution in [0.4, 0.5) is 0 Å². The Bertz CT molecular complexity index is 1590. The molecule has 4 nitrogen and oxygen atoms in total. The molecule has 0 spiro atoms. The molecular formula is C31H22N4. The third-order valence-corrected chi connectivity index (χ3v) is 5.96. The Morgan fingerprint density at radius 2 is 1.00 bits per heavy atom. The van der Waals surface area contributed by atoms with E-state index >= 15 is 0 Å². The molecule has 0 amide bonds. The van der Waals surface area contributed by atoms with Crippen LogP contribution in [-0.4, -0.2) is 19.9 Å². The SMILES string of the molecule is Cc1cc(-c2cnc3ccccc3c2)cc(-c2nc(-c3ccccc3)nc(-c3ccccc3)n2)c1. The van der Waals surface area contributed by atoms with Gasteiger partial charge in [0.25, 0.3) is 0 Å². The van der Waals surface area contributed by atoms with Crippen molar-refractivity contribution in [3.8, 4) is 45.3 Å². The van der Waals surface area contributed by atoms with Crippen LogP contribution < -0.4 is 0 Å². The standard InChI is InChI=1S/C31H22N4/c1-21-16-25(27-18-24-14-8-9-15-28(24)32-20-27)19-26(17-21)31-34-29(22-10-4-2-5-11-22)33-30(35-31)23-12-6-3-7-13-23/h2-20H,1H3. The van der Waals surface area contributed by atoms with Crippen molar-refractivity contribution in [1.29, 1.82) is 0 Å². The van der Waals surface area contributed by atoms with E-state index in [0.717, 1.165) is 44.3 Å². The fourth-order valence-corrected chi connectivity index (χ4v) is 4.25. The first-order chi connectivity index (χ1) is 17.2. The van der Waals surface area contributed by atoms with Crippen molar-refractivity contribution in [2.24, 2.45) is 0 Å². The Kier molecular flexibility index (Phi) is 5.32. The van der Waals surface area contributed by atoms with Crippen LogP contribution >= 0.6 is 0 Å². The van der Waals surface area contributed by atoms with E-state index in [-0.39, 0.29) is 0 Å². The van der Waals surface area contributed by atoms with Crippen LogP contribution in [0, 0.1) is 6.92 Å². The summed E-state index contributed by atoms with van der Waals surface area (Å²) in [5.41, 5.74) is 7.13. The van der Waals surface area contributed by atoms with Crippen molar-refractivity contribution in [2.45, 2.75) is 6.92 Å². The predicted molar refractivity (Wildman–Crippen MR) is 142 cm³/mol. The van der Waals surface area contributed by atoms with Gasteiger partial charge in [-0.1, -0.05) is 84.9 Å². The van der Waals surface area contributed by atoms with Crippen LogP contribution in [0.3, 0.4) is 0 Å². The third kappa shape index (κ3) is 4.30. The summed E-state index contributed by atoms with van der Waals surface area (Å²) in [5.74, 6) is 1.96. The van der Waals surface area contributed by atoms with Crippen molar-refractivity contribution in [3.63, 3.8) is 0 Å². The van der Waals surface area contributed by atoms with E-state index in [4.69, 9.17) is 15.0 Å². The zero-order chi connectivity index (χ0) is 23.6. The first-order valence-electron chi connectivity index (χ1n) is 11.6. The van der Waals surface area contributed by atoms with Gasteiger partial charge in [0.2, 0.25) is 0 Å². The monoisotopic (exact) mass is 450 g/mol. The molecule has 35 heavy (non-hydrogen) atoms. The van der Waals surface area contributed by atoms with Crippen molar-refractivity contribution < 1.29 is 0 Å². The van der Waals surface area contributed by atoms with Gasteiger partial charge in [0, 0.05) is 33.8 Å². The molecule has 0 unspecified atom stereocenters. The van der Waals surface area contributed by atoms with E-state index < -0.39 is 0 Å². The smallest absolute Gasteiger partial charge is 0.164 e. The second-order valence-corrected chi connectivity index (χ2v) is 8.54. The van der Waals surface area contributed by atoms with Gasteiger partial charge in [-0.05, 0) is 42.3 Å². The average Bonchev–Trinajstić information content (AvgIpc) is 2.93. The zero-order valence-corrected chi connectivity index (χ0v) is 19.3. The number of fused-ring (bicyclic) bond motifs is 1. The fourth-order valence-electron chi connectivity index (χ4n) is 4.25. The number of aryl methyl sites for hydroxylation is 1. The molecule has 0 bridgehead atoms. The minimum atomic E-state index is 0.649. The second kappa shape index (κ2) is 8.92. The third-order valence-electron chi connectivity index (χ3n) is 5.96. The van der Waals surface area contributed by atoms with Gasteiger partial charge in [-0.2, -0.15) is 0 Å². The highest BCUT2D eigenvalue weighted by Gasteiger charge is 2.13. The van der Waals surface area contributed by atoms with Crippen LogP contribution in [0.2, 0.25) is 0 Å². The lowest BCUT2D eigenvalue weighted by molar-refractivity contribution is 1.07. The molecule has 0 N–H and O–H groups in total. The maximum absolute atomic E-state index is 4.89. The van der Waals surface area contributed by atoms with Crippen molar-refractivity contribution >= 4 is 10.9 Å². The van der Waals surface area contributed by atoms with Crippen molar-refractivity contribution in [1.82, 2.24) is 19.9 Å². The number of hydrogen-bond donors (Lipinski definition) is 0. The zero-order valence-electron chi connectivity index (χ0n) is 19.3. The topological polar surface area (TPSA) is 51.6 Å². The van der Waals surface area contributed by atoms with Crippen LogP contribution in [0.5, 0.6) is 0 Å². The van der Waals surface area contributed by atoms with E-state index in [1.54, 1.807) is 0 Å². The number of rotatable bonds is 4. The van der Waals surface area contributed by atoms with Crippen molar-refractivity contribution in [2.75, 3.05) is 0 Å². The Labute approximate surface area is 204 Å². The summed E-state index contributed by atoms with van der Waals surface area (Å²) in [4.78, 5) is 19.2. The normalized spacial score (nSPS) is 11.0. The van der Waals surface area contributed by atoms with Gasteiger partial charge in [0.1, 0.15) is 0 Å². The van der Waals surface area contributed by atoms with Crippen LogP contribution in [0.15, 0.2) is 115 Å². The minimum absolute atomic E-state index is 0.649. The van der Waals surface area contributed by atoms with Crippen LogP contribution in [-0.2, 0) is 0 Å². The highest BCUT2D eigenvalue weighted by molar-refractivity contribution is 5.84. The molecule has 0 saturated carbocycles. The Balaban J connectivity index is 1.51. The minimum Gasteiger partial charge on any atom is -0.256 e. The molecule has 2 heterocycles. The molecule has 0 fully saturated rings. The Hall–Kier alpha value is -4.70. The highest BCUT2D eigenvalue weighted by Crippen LogP contribution is 2.30. The molecule has 4 heteroatoms. The summed E-state index contributed by atoms with van der Waals surface area (Å²) in [6, 6.07) is 36.9. The molecule has 0 aliphatic rings. The van der Waals surface area contributed by atoms with Crippen LogP contribution in [0.1, 0.15) is 5.56 Å². The van der Waals surface area contributed by atoms with E-state index in [9.17, 15) is 0 Å². The molecule has 0 aliphatic carbocycles. The molecule has 4 aromatic carbocycles. The molecular weight excluding hydrogens is 428 g/mol. The van der Waals surface area contributed by atoms with Gasteiger partial charge in [0.05, 0.1) is 5.52 Å². The van der Waals surface area contributed by atoms with E-state index in [0.29, 0.717) is 17.5 Å². The quantitative estimate of drug-likeness (QED) is 0.281. The molecule has 166 valence electrons. The number of nitrogens with zero attached hydrogens (tertiary/aromatic N) is 4. The molecule has 2 aromatic heterocycles. The summed E-state index contributed by atoms with van der Waals surface area (Å²) < 4.78 is 0. The highest BCUT2D eigenvalue weighted by atomic mass is 15.0. The summed E-state index contributed by atoms with van der Waals surface area (Å²) >= 11 is 0. The predicted octanol–water partition coefficient (Wildman–Crippen LogP) is 7.40. The number of hydrogen-bond acceptors (Lipinski definition) is 4. The average molecular weight is 451 g/mol. The second-order valence-electron chi connectivity index (χ2n) is 8.54. The molecule has 0 saturated heterocycles. The maximum Gasteiger partial charge on any atom is 0.164 e. The Morgan fingerprint density at radius 1 is 0.457 bits per heavy atom. The molecule has 0 radical (unpaired) electrons. The van der Waals surface area contributed by atoms with E-state index in [2.05, 4.69) is 42.2 Å². The molecule has 0 aliphatic heterocycles. The number of para-hydroxylation sites is 1. The summed E-state index contributed by atoms with van der Waals surface area (Å²) in [5, 5.41) is 1.12. The lowest BCUT2D eigenvalue weighted by Crippen LogP contribution is -2.00. The van der Waals surface area contributed by atoms with Gasteiger partial charge in [-0.3, -0.25) is 4.98 Å². The first kappa shape index (κ1) is 20.9. The number of benzene rings is 4. The maximum atomic E-state index is 4.89. The Morgan fingerprint density at radius 3 is 1.66 bits per heavy atom. The molecule has 6 aromatic rings. The summed E-state index contributed by atoms with van der Waals surface area (Å²) in [7, 11) is 0. The van der Waals surface area contributed by atoms with Gasteiger partial charge in [0.15, 0.2) is 17.5 Å². The van der Waals surface area contributed by atoms with Gasteiger partial charge in [-0.15, -0.1) is 0 Å². The van der Waals surface area contributed by atoms with E-state index in [1.807, 2.05) is 85.1 Å². The van der Waals surface area contributed by atoms with Crippen molar-refractivity contribution in [3.05, 3.63) is 121 Å². The van der Waals surface area contributed by atoms with Gasteiger partial charge < -0.3 is 0 Å². The van der Waals surface area contributed by atoms with E-state index in [1.165, 1.54) is 0 Å².